The van der Waals surface area contributed by atoms with Gasteiger partial charge in [-0.15, -0.1) is 0 Å². The molecule has 1 amide bonds. The van der Waals surface area contributed by atoms with Crippen molar-refractivity contribution in [2.24, 2.45) is 11.3 Å². The van der Waals surface area contributed by atoms with E-state index in [0.717, 1.165) is 18.5 Å². The fourth-order valence-electron chi connectivity index (χ4n) is 2.88. The molecule has 1 aromatic carbocycles. The van der Waals surface area contributed by atoms with E-state index in [-0.39, 0.29) is 17.6 Å². The van der Waals surface area contributed by atoms with Crippen LogP contribution in [-0.2, 0) is 4.74 Å². The SMILES string of the molecule is CC(C)/C=C1\CC(C)(C)CC1OC(=O)Nc1ccccc1. The van der Waals surface area contributed by atoms with Crippen LogP contribution in [0.4, 0.5) is 10.5 Å². The number of para-hydroxylation sites is 1. The van der Waals surface area contributed by atoms with E-state index in [4.69, 9.17) is 4.74 Å². The van der Waals surface area contributed by atoms with Gasteiger partial charge in [-0.1, -0.05) is 52.0 Å². The average molecular weight is 287 g/mol. The van der Waals surface area contributed by atoms with Crippen LogP contribution in [0, 0.1) is 11.3 Å². The summed E-state index contributed by atoms with van der Waals surface area (Å²) in [5, 5.41) is 2.78. The lowest BCUT2D eigenvalue weighted by Gasteiger charge is -2.17. The summed E-state index contributed by atoms with van der Waals surface area (Å²) >= 11 is 0. The highest BCUT2D eigenvalue weighted by molar-refractivity contribution is 5.84. The maximum absolute atomic E-state index is 12.1. The number of allylic oxidation sites excluding steroid dienone is 1. The summed E-state index contributed by atoms with van der Waals surface area (Å²) in [5.74, 6) is 0.470. The Labute approximate surface area is 127 Å². The molecule has 1 saturated carbocycles. The highest BCUT2D eigenvalue weighted by Crippen LogP contribution is 2.42. The van der Waals surface area contributed by atoms with Crippen LogP contribution in [0.1, 0.15) is 40.5 Å². The van der Waals surface area contributed by atoms with Gasteiger partial charge in [-0.2, -0.15) is 0 Å². The first-order valence-electron chi connectivity index (χ1n) is 7.59. The van der Waals surface area contributed by atoms with Gasteiger partial charge < -0.3 is 4.74 Å². The second-order valence-electron chi connectivity index (χ2n) is 6.92. The third-order valence-corrected chi connectivity index (χ3v) is 3.65. The number of carbonyl (C=O) groups is 1. The molecule has 3 nitrogen and oxygen atoms in total. The third kappa shape index (κ3) is 4.62. The molecule has 1 fully saturated rings. The van der Waals surface area contributed by atoms with Gasteiger partial charge in [-0.3, -0.25) is 5.32 Å². The van der Waals surface area contributed by atoms with E-state index in [2.05, 4.69) is 39.1 Å². The normalized spacial score (nSPS) is 22.5. The zero-order chi connectivity index (χ0) is 15.5. The van der Waals surface area contributed by atoms with E-state index in [1.807, 2.05) is 30.3 Å². The van der Waals surface area contributed by atoms with Gasteiger partial charge in [0.1, 0.15) is 6.10 Å². The molecular weight excluding hydrogens is 262 g/mol. The summed E-state index contributed by atoms with van der Waals surface area (Å²) in [7, 11) is 0. The number of anilines is 1. The highest BCUT2D eigenvalue weighted by atomic mass is 16.6. The number of benzene rings is 1. The molecule has 1 N–H and O–H groups in total. The first-order chi connectivity index (χ1) is 9.85. The minimum absolute atomic E-state index is 0.105. The van der Waals surface area contributed by atoms with Crippen LogP contribution in [0.3, 0.4) is 0 Å². The Hall–Kier alpha value is -1.77. The fourth-order valence-corrected chi connectivity index (χ4v) is 2.88. The van der Waals surface area contributed by atoms with Crippen LogP contribution < -0.4 is 5.32 Å². The maximum Gasteiger partial charge on any atom is 0.412 e. The first-order valence-corrected chi connectivity index (χ1v) is 7.59. The Bertz CT molecular complexity index is 517. The number of carbonyl (C=O) groups excluding carboxylic acids is 1. The molecule has 1 unspecified atom stereocenters. The number of hydrogen-bond acceptors (Lipinski definition) is 2. The van der Waals surface area contributed by atoms with Crippen molar-refractivity contribution in [2.75, 3.05) is 5.32 Å². The number of hydrogen-bond donors (Lipinski definition) is 1. The van der Waals surface area contributed by atoms with Gasteiger partial charge in [0, 0.05) is 5.69 Å². The van der Waals surface area contributed by atoms with Crippen molar-refractivity contribution in [2.45, 2.75) is 46.6 Å². The first kappa shape index (κ1) is 15.6. The van der Waals surface area contributed by atoms with Crippen molar-refractivity contribution in [3.05, 3.63) is 42.0 Å². The van der Waals surface area contributed by atoms with Crippen molar-refractivity contribution in [1.82, 2.24) is 0 Å². The molecule has 0 bridgehead atoms. The van der Waals surface area contributed by atoms with Crippen molar-refractivity contribution in [1.29, 1.82) is 0 Å². The molecule has 0 aromatic heterocycles. The summed E-state index contributed by atoms with van der Waals surface area (Å²) in [5.41, 5.74) is 2.20. The van der Waals surface area contributed by atoms with Crippen LogP contribution in [-0.4, -0.2) is 12.2 Å². The van der Waals surface area contributed by atoms with Gasteiger partial charge in [0.05, 0.1) is 0 Å². The van der Waals surface area contributed by atoms with Crippen LogP contribution in [0.15, 0.2) is 42.0 Å². The van der Waals surface area contributed by atoms with E-state index in [1.54, 1.807) is 0 Å². The lowest BCUT2D eigenvalue weighted by atomic mass is 9.91. The monoisotopic (exact) mass is 287 g/mol. The fraction of sp³-hybridized carbons (Fsp3) is 0.500. The molecule has 3 heteroatoms. The summed E-state index contributed by atoms with van der Waals surface area (Å²) in [6.07, 6.45) is 3.63. The summed E-state index contributed by atoms with van der Waals surface area (Å²) in [4.78, 5) is 12.1. The number of ether oxygens (including phenoxy) is 1. The Morgan fingerprint density at radius 3 is 2.62 bits per heavy atom. The van der Waals surface area contributed by atoms with Gasteiger partial charge in [0.25, 0.3) is 0 Å². The summed E-state index contributed by atoms with van der Waals surface area (Å²) in [6, 6.07) is 9.39. The van der Waals surface area contributed by atoms with Crippen LogP contribution in [0.25, 0.3) is 0 Å². The zero-order valence-electron chi connectivity index (χ0n) is 13.3. The zero-order valence-corrected chi connectivity index (χ0v) is 13.3. The second-order valence-corrected chi connectivity index (χ2v) is 6.92. The topological polar surface area (TPSA) is 38.3 Å². The minimum Gasteiger partial charge on any atom is -0.441 e. The number of nitrogens with one attached hydrogen (secondary N) is 1. The van der Waals surface area contributed by atoms with Gasteiger partial charge in [0.15, 0.2) is 0 Å². The minimum atomic E-state index is -0.376. The second kappa shape index (κ2) is 6.33. The van der Waals surface area contributed by atoms with Crippen LogP contribution >= 0.6 is 0 Å². The van der Waals surface area contributed by atoms with Crippen molar-refractivity contribution in [3.63, 3.8) is 0 Å². The van der Waals surface area contributed by atoms with E-state index >= 15 is 0 Å². The highest BCUT2D eigenvalue weighted by Gasteiger charge is 2.37. The molecule has 1 aromatic rings. The van der Waals surface area contributed by atoms with E-state index < -0.39 is 0 Å². The molecule has 1 aliphatic rings. The standard InChI is InChI=1S/C18H25NO2/c1-13(2)10-14-11-18(3,4)12-16(14)21-17(20)19-15-8-6-5-7-9-15/h5-10,13,16H,11-12H2,1-4H3,(H,19,20)/b14-10+. The average Bonchev–Trinajstić information content (AvgIpc) is 2.63. The molecule has 1 atom stereocenters. The molecule has 0 aliphatic heterocycles. The van der Waals surface area contributed by atoms with E-state index in [0.29, 0.717) is 5.92 Å². The molecule has 0 heterocycles. The molecule has 1 aliphatic carbocycles. The smallest absolute Gasteiger partial charge is 0.412 e. The predicted molar refractivity (Wildman–Crippen MR) is 86.3 cm³/mol. The molecule has 0 saturated heterocycles. The van der Waals surface area contributed by atoms with Crippen LogP contribution in [0.2, 0.25) is 0 Å². The molecule has 0 radical (unpaired) electrons. The Morgan fingerprint density at radius 1 is 1.33 bits per heavy atom. The quantitative estimate of drug-likeness (QED) is 0.794. The van der Waals surface area contributed by atoms with Gasteiger partial charge >= 0.3 is 6.09 Å². The van der Waals surface area contributed by atoms with Gasteiger partial charge in [-0.25, -0.2) is 4.79 Å². The Morgan fingerprint density at radius 2 is 2.00 bits per heavy atom. The summed E-state index contributed by atoms with van der Waals surface area (Å²) < 4.78 is 5.65. The van der Waals surface area contributed by atoms with Crippen molar-refractivity contribution in [3.8, 4) is 0 Å². The van der Waals surface area contributed by atoms with Gasteiger partial charge in [-0.05, 0) is 41.9 Å². The molecule has 114 valence electrons. The summed E-state index contributed by atoms with van der Waals surface area (Å²) in [6.45, 7) is 8.75. The van der Waals surface area contributed by atoms with E-state index in [9.17, 15) is 4.79 Å². The molecule has 0 spiro atoms. The Kier molecular flexibility index (Phi) is 4.71. The number of amides is 1. The van der Waals surface area contributed by atoms with Gasteiger partial charge in [0.2, 0.25) is 0 Å². The van der Waals surface area contributed by atoms with E-state index in [1.165, 1.54) is 5.57 Å². The molecular formula is C18H25NO2. The lowest BCUT2D eigenvalue weighted by Crippen LogP contribution is -2.22. The molecule has 21 heavy (non-hydrogen) atoms. The van der Waals surface area contributed by atoms with Crippen molar-refractivity contribution >= 4 is 11.8 Å². The number of rotatable bonds is 3. The predicted octanol–water partition coefficient (Wildman–Crippen LogP) is 5.01. The third-order valence-electron chi connectivity index (χ3n) is 3.65. The molecule has 2 rings (SSSR count). The largest absolute Gasteiger partial charge is 0.441 e. The maximum atomic E-state index is 12.1. The lowest BCUT2D eigenvalue weighted by molar-refractivity contribution is 0.122. The Balaban J connectivity index is 2.01. The van der Waals surface area contributed by atoms with Crippen LogP contribution in [0.5, 0.6) is 0 Å². The van der Waals surface area contributed by atoms with Crippen molar-refractivity contribution < 1.29 is 9.53 Å².